The van der Waals surface area contributed by atoms with Crippen LogP contribution in [0.2, 0.25) is 0 Å². The molecule has 20 heavy (non-hydrogen) atoms. The Kier molecular flexibility index (Phi) is 5.81. The van der Waals surface area contributed by atoms with Gasteiger partial charge in [0.25, 0.3) is 0 Å². The fourth-order valence-electron chi connectivity index (χ4n) is 3.31. The lowest BCUT2D eigenvalue weighted by Crippen LogP contribution is -2.52. The van der Waals surface area contributed by atoms with E-state index in [4.69, 9.17) is 0 Å². The van der Waals surface area contributed by atoms with Crippen LogP contribution in [0, 0.1) is 0 Å². The molecule has 1 saturated carbocycles. The summed E-state index contributed by atoms with van der Waals surface area (Å²) in [6, 6.07) is 0. The summed E-state index contributed by atoms with van der Waals surface area (Å²) in [7, 11) is 1.44. The number of carbonyl (C=O) groups excluding carboxylic acids is 1. The predicted molar refractivity (Wildman–Crippen MR) is 77.5 cm³/mol. The van der Waals surface area contributed by atoms with Crippen molar-refractivity contribution < 1.29 is 14.6 Å². The highest BCUT2D eigenvalue weighted by Gasteiger charge is 2.32. The summed E-state index contributed by atoms with van der Waals surface area (Å²) in [5, 5.41) is 10.6. The molecule has 0 unspecified atom stereocenters. The quantitative estimate of drug-likeness (QED) is 0.759. The molecule has 5 nitrogen and oxygen atoms in total. The number of nitrogens with zero attached hydrogens (tertiary/aromatic N) is 2. The molecule has 0 aromatic carbocycles. The number of aliphatic hydroxyl groups is 1. The van der Waals surface area contributed by atoms with Gasteiger partial charge in [-0.3, -0.25) is 9.69 Å². The zero-order chi connectivity index (χ0) is 14.4. The second-order valence-corrected chi connectivity index (χ2v) is 6.23. The fraction of sp³-hybridized carbons (Fsp3) is 0.933. The third kappa shape index (κ3) is 4.72. The molecule has 0 spiro atoms. The van der Waals surface area contributed by atoms with Gasteiger partial charge in [-0.25, -0.2) is 0 Å². The van der Waals surface area contributed by atoms with E-state index >= 15 is 0 Å². The maximum absolute atomic E-state index is 11.1. The van der Waals surface area contributed by atoms with Crippen LogP contribution in [0.1, 0.15) is 38.5 Å². The van der Waals surface area contributed by atoms with Gasteiger partial charge in [-0.2, -0.15) is 0 Å². The minimum atomic E-state index is -0.452. The number of piperazine rings is 1. The van der Waals surface area contributed by atoms with E-state index in [0.717, 1.165) is 65.0 Å². The monoisotopic (exact) mass is 284 g/mol. The first-order valence-electron chi connectivity index (χ1n) is 7.85. The van der Waals surface area contributed by atoms with Crippen LogP contribution in [0.3, 0.4) is 0 Å². The summed E-state index contributed by atoms with van der Waals surface area (Å²) in [5.74, 6) is -0.135. The molecule has 2 fully saturated rings. The number of hydrogen-bond donors (Lipinski definition) is 1. The van der Waals surface area contributed by atoms with Crippen molar-refractivity contribution in [2.45, 2.75) is 44.1 Å². The SMILES string of the molecule is COC(=O)CCN1CCN(CC2(O)CCCCC2)CC1. The summed E-state index contributed by atoms with van der Waals surface area (Å²) >= 11 is 0. The third-order valence-electron chi connectivity index (χ3n) is 4.63. The molecule has 0 bridgehead atoms. The zero-order valence-corrected chi connectivity index (χ0v) is 12.6. The van der Waals surface area contributed by atoms with Gasteiger partial charge in [0.05, 0.1) is 19.1 Å². The van der Waals surface area contributed by atoms with Crippen LogP contribution in [-0.2, 0) is 9.53 Å². The Morgan fingerprint density at radius 2 is 1.70 bits per heavy atom. The highest BCUT2D eigenvalue weighted by Crippen LogP contribution is 2.29. The van der Waals surface area contributed by atoms with Gasteiger partial charge < -0.3 is 14.7 Å². The Balaban J connectivity index is 1.67. The Bertz CT molecular complexity index is 308. The summed E-state index contributed by atoms with van der Waals surface area (Å²) in [6.07, 6.45) is 5.97. The first-order valence-corrected chi connectivity index (χ1v) is 7.85. The van der Waals surface area contributed by atoms with Crippen molar-refractivity contribution in [3.8, 4) is 0 Å². The lowest BCUT2D eigenvalue weighted by Gasteiger charge is -2.41. The van der Waals surface area contributed by atoms with Crippen LogP contribution >= 0.6 is 0 Å². The number of methoxy groups -OCH3 is 1. The summed E-state index contributed by atoms with van der Waals surface area (Å²) in [5.41, 5.74) is -0.452. The molecule has 5 heteroatoms. The zero-order valence-electron chi connectivity index (χ0n) is 12.6. The van der Waals surface area contributed by atoms with Crippen molar-refractivity contribution in [2.75, 3.05) is 46.4 Å². The second kappa shape index (κ2) is 7.38. The minimum Gasteiger partial charge on any atom is -0.469 e. The molecule has 1 aliphatic carbocycles. The average Bonchev–Trinajstić information content (AvgIpc) is 2.46. The lowest BCUT2D eigenvalue weighted by atomic mass is 9.84. The first kappa shape index (κ1) is 15.7. The van der Waals surface area contributed by atoms with Gasteiger partial charge in [-0.1, -0.05) is 19.3 Å². The number of ether oxygens (including phenoxy) is 1. The van der Waals surface area contributed by atoms with Gasteiger partial charge in [0, 0.05) is 39.3 Å². The van der Waals surface area contributed by atoms with Crippen molar-refractivity contribution in [3.05, 3.63) is 0 Å². The molecular weight excluding hydrogens is 256 g/mol. The molecule has 2 rings (SSSR count). The molecule has 0 atom stereocenters. The normalized spacial score (nSPS) is 24.5. The Morgan fingerprint density at radius 3 is 2.30 bits per heavy atom. The molecule has 0 aromatic heterocycles. The standard InChI is InChI=1S/C15H28N2O3/c1-20-14(18)5-8-16-9-11-17(12-10-16)13-15(19)6-3-2-4-7-15/h19H,2-13H2,1H3. The topological polar surface area (TPSA) is 53.0 Å². The van der Waals surface area contributed by atoms with Crippen LogP contribution < -0.4 is 0 Å². The van der Waals surface area contributed by atoms with E-state index in [2.05, 4.69) is 14.5 Å². The first-order chi connectivity index (χ1) is 9.61. The Labute approximate surface area is 121 Å². The molecule has 0 amide bonds. The van der Waals surface area contributed by atoms with Crippen LogP contribution in [-0.4, -0.2) is 72.9 Å². The molecule has 0 radical (unpaired) electrons. The van der Waals surface area contributed by atoms with Crippen molar-refractivity contribution in [3.63, 3.8) is 0 Å². The van der Waals surface area contributed by atoms with Crippen molar-refractivity contribution in [1.82, 2.24) is 9.80 Å². The maximum atomic E-state index is 11.1. The molecule has 2 aliphatic rings. The van der Waals surface area contributed by atoms with E-state index in [-0.39, 0.29) is 5.97 Å². The molecule has 1 heterocycles. The fourth-order valence-corrected chi connectivity index (χ4v) is 3.31. The number of β-amino-alcohol motifs (C(OH)–C–C–N with tert-alkyl or cyclic N) is 1. The van der Waals surface area contributed by atoms with Crippen LogP contribution in [0.15, 0.2) is 0 Å². The Morgan fingerprint density at radius 1 is 1.10 bits per heavy atom. The van der Waals surface area contributed by atoms with Gasteiger partial charge in [0.1, 0.15) is 0 Å². The van der Waals surface area contributed by atoms with Gasteiger partial charge in [-0.05, 0) is 12.8 Å². The summed E-state index contributed by atoms with van der Waals surface area (Å²) in [4.78, 5) is 15.8. The second-order valence-electron chi connectivity index (χ2n) is 6.23. The van der Waals surface area contributed by atoms with Gasteiger partial charge in [0.2, 0.25) is 0 Å². The highest BCUT2D eigenvalue weighted by atomic mass is 16.5. The number of rotatable bonds is 5. The van der Waals surface area contributed by atoms with E-state index in [0.29, 0.717) is 6.42 Å². The van der Waals surface area contributed by atoms with Crippen LogP contribution in [0.5, 0.6) is 0 Å². The van der Waals surface area contributed by atoms with Crippen molar-refractivity contribution in [2.24, 2.45) is 0 Å². The number of carbonyl (C=O) groups is 1. The van der Waals surface area contributed by atoms with Crippen LogP contribution in [0.25, 0.3) is 0 Å². The van der Waals surface area contributed by atoms with Gasteiger partial charge in [0.15, 0.2) is 0 Å². The van der Waals surface area contributed by atoms with E-state index in [1.54, 1.807) is 0 Å². The van der Waals surface area contributed by atoms with Crippen molar-refractivity contribution >= 4 is 5.97 Å². The van der Waals surface area contributed by atoms with E-state index < -0.39 is 5.60 Å². The van der Waals surface area contributed by atoms with Crippen molar-refractivity contribution in [1.29, 1.82) is 0 Å². The lowest BCUT2D eigenvalue weighted by molar-refractivity contribution is -0.141. The van der Waals surface area contributed by atoms with Gasteiger partial charge in [-0.15, -0.1) is 0 Å². The van der Waals surface area contributed by atoms with Crippen LogP contribution in [0.4, 0.5) is 0 Å². The predicted octanol–water partition coefficient (Wildman–Crippen LogP) is 0.862. The molecule has 1 aliphatic heterocycles. The third-order valence-corrected chi connectivity index (χ3v) is 4.63. The number of hydrogen-bond acceptors (Lipinski definition) is 5. The van der Waals surface area contributed by atoms with Gasteiger partial charge >= 0.3 is 5.97 Å². The van der Waals surface area contributed by atoms with E-state index in [1.807, 2.05) is 0 Å². The molecule has 0 aromatic rings. The smallest absolute Gasteiger partial charge is 0.306 e. The highest BCUT2D eigenvalue weighted by molar-refractivity contribution is 5.69. The minimum absolute atomic E-state index is 0.135. The molecule has 1 saturated heterocycles. The largest absolute Gasteiger partial charge is 0.469 e. The summed E-state index contributed by atoms with van der Waals surface area (Å²) < 4.78 is 4.67. The molecule has 116 valence electrons. The average molecular weight is 284 g/mol. The summed E-state index contributed by atoms with van der Waals surface area (Å²) in [6.45, 7) is 5.54. The van der Waals surface area contributed by atoms with E-state index in [9.17, 15) is 9.90 Å². The maximum Gasteiger partial charge on any atom is 0.306 e. The Hall–Kier alpha value is -0.650. The molecule has 1 N–H and O–H groups in total. The number of esters is 1. The van der Waals surface area contributed by atoms with E-state index in [1.165, 1.54) is 13.5 Å². The molecular formula is C15H28N2O3.